The molecule has 0 saturated heterocycles. The summed E-state index contributed by atoms with van der Waals surface area (Å²) < 4.78 is 54.9. The molecule has 0 saturated carbocycles. The molecule has 0 unspecified atom stereocenters. The van der Waals surface area contributed by atoms with Crippen molar-refractivity contribution in [1.82, 2.24) is 15.1 Å². The first-order valence-electron chi connectivity index (χ1n) is 10.8. The normalized spacial score (nSPS) is 14.8. The van der Waals surface area contributed by atoms with Gasteiger partial charge in [-0.1, -0.05) is 23.2 Å². The van der Waals surface area contributed by atoms with Crippen molar-refractivity contribution in [3.63, 3.8) is 0 Å². The second-order valence-corrected chi connectivity index (χ2v) is 9.29. The number of carbonyl (C=O) groups excluding carboxylic acids is 2. The SMILES string of the molecule is Cn1nc2c(C#N)cc(NC(=O)c3cc(F)cc(C(F)(F)F)c3)c3c2c1C(=O)N[C@@H]3c1cc(Cl)ccc1Cl. The first-order valence-corrected chi connectivity index (χ1v) is 11.5. The minimum atomic E-state index is -4.89. The average molecular weight is 562 g/mol. The lowest BCUT2D eigenvalue weighted by molar-refractivity contribution is -0.137. The van der Waals surface area contributed by atoms with Crippen molar-refractivity contribution >= 4 is 51.6 Å². The van der Waals surface area contributed by atoms with E-state index in [2.05, 4.69) is 15.7 Å². The fourth-order valence-electron chi connectivity index (χ4n) is 4.46. The highest BCUT2D eigenvalue weighted by Crippen LogP contribution is 2.43. The van der Waals surface area contributed by atoms with E-state index >= 15 is 0 Å². The summed E-state index contributed by atoms with van der Waals surface area (Å²) in [5.74, 6) is -2.88. The summed E-state index contributed by atoms with van der Waals surface area (Å²) in [6, 6.07) is 8.23. The molecule has 0 radical (unpaired) electrons. The fraction of sp³-hybridized carbons (Fsp3) is 0.120. The largest absolute Gasteiger partial charge is 0.416 e. The van der Waals surface area contributed by atoms with Gasteiger partial charge in [0.2, 0.25) is 0 Å². The lowest BCUT2D eigenvalue weighted by Gasteiger charge is -2.28. The summed E-state index contributed by atoms with van der Waals surface area (Å²) in [6.07, 6.45) is -4.89. The molecule has 2 heterocycles. The van der Waals surface area contributed by atoms with E-state index in [1.165, 1.54) is 36.0 Å². The highest BCUT2D eigenvalue weighted by molar-refractivity contribution is 6.33. The number of nitriles is 1. The number of benzene rings is 3. The number of nitrogens with one attached hydrogen (secondary N) is 2. The molecule has 38 heavy (non-hydrogen) atoms. The summed E-state index contributed by atoms with van der Waals surface area (Å²) in [5, 5.41) is 20.1. The Morgan fingerprint density at radius 1 is 1.18 bits per heavy atom. The minimum absolute atomic E-state index is 0.0123. The molecule has 2 N–H and O–H groups in total. The van der Waals surface area contributed by atoms with Gasteiger partial charge in [-0.05, 0) is 48.0 Å². The van der Waals surface area contributed by atoms with E-state index in [9.17, 15) is 32.4 Å². The molecule has 0 aliphatic carbocycles. The predicted molar refractivity (Wildman–Crippen MR) is 131 cm³/mol. The molecular weight excluding hydrogens is 549 g/mol. The van der Waals surface area contributed by atoms with Crippen LogP contribution >= 0.6 is 23.2 Å². The van der Waals surface area contributed by atoms with Crippen LogP contribution in [0.4, 0.5) is 23.2 Å². The Bertz CT molecular complexity index is 1730. The van der Waals surface area contributed by atoms with Crippen molar-refractivity contribution in [1.29, 1.82) is 5.26 Å². The van der Waals surface area contributed by atoms with Gasteiger partial charge in [-0.25, -0.2) is 4.39 Å². The quantitative estimate of drug-likeness (QED) is 0.300. The van der Waals surface area contributed by atoms with Gasteiger partial charge in [0.15, 0.2) is 0 Å². The van der Waals surface area contributed by atoms with Crippen molar-refractivity contribution in [2.45, 2.75) is 12.2 Å². The first-order chi connectivity index (χ1) is 17.9. The van der Waals surface area contributed by atoms with Gasteiger partial charge < -0.3 is 10.6 Å². The average Bonchev–Trinajstić information content (AvgIpc) is 3.20. The van der Waals surface area contributed by atoms with E-state index in [1.807, 2.05) is 6.07 Å². The number of aromatic nitrogens is 2. The molecule has 1 aliphatic heterocycles. The molecule has 0 bridgehead atoms. The second kappa shape index (κ2) is 9.01. The minimum Gasteiger partial charge on any atom is -0.340 e. The molecule has 13 heteroatoms. The first kappa shape index (κ1) is 25.5. The van der Waals surface area contributed by atoms with Gasteiger partial charge in [0, 0.05) is 39.3 Å². The molecule has 0 fully saturated rings. The van der Waals surface area contributed by atoms with Gasteiger partial charge >= 0.3 is 6.18 Å². The highest BCUT2D eigenvalue weighted by Gasteiger charge is 2.36. The maximum Gasteiger partial charge on any atom is 0.416 e. The molecular formula is C25H13Cl2F4N5O2. The van der Waals surface area contributed by atoms with E-state index in [0.717, 1.165) is 0 Å². The number of alkyl halides is 3. The number of amides is 2. The van der Waals surface area contributed by atoms with E-state index < -0.39 is 41.0 Å². The Labute approximate surface area is 221 Å². The van der Waals surface area contributed by atoms with Crippen LogP contribution in [0.5, 0.6) is 0 Å². The highest BCUT2D eigenvalue weighted by atomic mass is 35.5. The monoisotopic (exact) mass is 561 g/mol. The Kier molecular flexibility index (Phi) is 6.04. The Morgan fingerprint density at radius 3 is 2.61 bits per heavy atom. The zero-order valence-corrected chi connectivity index (χ0v) is 20.6. The van der Waals surface area contributed by atoms with Crippen molar-refractivity contribution < 1.29 is 27.2 Å². The van der Waals surface area contributed by atoms with Crippen LogP contribution in [0.3, 0.4) is 0 Å². The van der Waals surface area contributed by atoms with E-state index in [0.29, 0.717) is 22.7 Å². The van der Waals surface area contributed by atoms with Gasteiger partial charge in [0.25, 0.3) is 11.8 Å². The van der Waals surface area contributed by atoms with Crippen molar-refractivity contribution in [3.8, 4) is 6.07 Å². The maximum atomic E-state index is 14.0. The number of carbonyl (C=O) groups is 2. The van der Waals surface area contributed by atoms with E-state index in [4.69, 9.17) is 23.2 Å². The molecule has 3 aromatic carbocycles. The van der Waals surface area contributed by atoms with Crippen LogP contribution in [-0.4, -0.2) is 21.6 Å². The zero-order valence-electron chi connectivity index (χ0n) is 19.0. The molecule has 192 valence electrons. The molecule has 1 aliphatic rings. The van der Waals surface area contributed by atoms with Gasteiger partial charge in [0.05, 0.1) is 17.2 Å². The Morgan fingerprint density at radius 2 is 1.92 bits per heavy atom. The van der Waals surface area contributed by atoms with Crippen molar-refractivity contribution in [2.24, 2.45) is 7.05 Å². The standard InChI is InChI=1S/C25H13Cl2F4N5O2/c1-36-22-19-18(21(34-24(22)38)15-8-13(26)2-3-16(15)27)17(6-11(9-32)20(19)35-36)33-23(37)10-4-12(25(29,30)31)7-14(28)5-10/h2-8,21H,1H3,(H,33,37)(H,34,38)/t21-/m1/s1. The smallest absolute Gasteiger partial charge is 0.340 e. The molecule has 1 aromatic heterocycles. The zero-order chi connectivity index (χ0) is 27.5. The molecule has 7 nitrogen and oxygen atoms in total. The number of aryl methyl sites for hydroxylation is 1. The number of nitrogens with zero attached hydrogens (tertiary/aromatic N) is 3. The number of rotatable bonds is 3. The van der Waals surface area contributed by atoms with Crippen LogP contribution in [0, 0.1) is 17.1 Å². The van der Waals surface area contributed by atoms with Gasteiger partial charge in [-0.2, -0.15) is 23.5 Å². The summed E-state index contributed by atoms with van der Waals surface area (Å²) >= 11 is 12.6. The number of anilines is 1. The van der Waals surface area contributed by atoms with Gasteiger partial charge in [0.1, 0.15) is 23.1 Å². The van der Waals surface area contributed by atoms with Gasteiger partial charge in [-0.15, -0.1) is 0 Å². The van der Waals surface area contributed by atoms with Crippen LogP contribution in [0.25, 0.3) is 10.9 Å². The van der Waals surface area contributed by atoms with Crippen molar-refractivity contribution in [3.05, 3.63) is 91.8 Å². The summed E-state index contributed by atoms with van der Waals surface area (Å²) in [7, 11) is 1.50. The summed E-state index contributed by atoms with van der Waals surface area (Å²) in [5.41, 5.74) is -1.10. The Hall–Kier alpha value is -4.14. The number of hydrogen-bond acceptors (Lipinski definition) is 4. The van der Waals surface area contributed by atoms with Crippen LogP contribution in [0.1, 0.15) is 49.1 Å². The molecule has 4 aromatic rings. The third-order valence-corrected chi connectivity index (χ3v) is 6.63. The number of hydrogen-bond donors (Lipinski definition) is 2. The third-order valence-electron chi connectivity index (χ3n) is 6.05. The lowest BCUT2D eigenvalue weighted by atomic mass is 9.88. The number of halogens is 6. The van der Waals surface area contributed by atoms with Crippen LogP contribution < -0.4 is 10.6 Å². The molecule has 2 amide bonds. The second-order valence-electron chi connectivity index (χ2n) is 8.45. The topological polar surface area (TPSA) is 99.8 Å². The molecule has 5 rings (SSSR count). The van der Waals surface area contributed by atoms with Crippen molar-refractivity contribution in [2.75, 3.05) is 5.32 Å². The Balaban J connectivity index is 1.74. The van der Waals surface area contributed by atoms with Crippen LogP contribution in [-0.2, 0) is 13.2 Å². The fourth-order valence-corrected chi connectivity index (χ4v) is 4.87. The van der Waals surface area contributed by atoms with Gasteiger partial charge in [-0.3, -0.25) is 14.3 Å². The third kappa shape index (κ3) is 4.21. The summed E-state index contributed by atoms with van der Waals surface area (Å²) in [6.45, 7) is 0. The summed E-state index contributed by atoms with van der Waals surface area (Å²) in [4.78, 5) is 26.2. The van der Waals surface area contributed by atoms with E-state index in [-0.39, 0.29) is 44.5 Å². The van der Waals surface area contributed by atoms with E-state index in [1.54, 1.807) is 0 Å². The molecule has 0 spiro atoms. The van der Waals surface area contributed by atoms with Crippen LogP contribution in [0.15, 0.2) is 42.5 Å². The molecule has 1 atom stereocenters. The lowest BCUT2D eigenvalue weighted by Crippen LogP contribution is -2.35. The maximum absolute atomic E-state index is 14.0. The predicted octanol–water partition coefficient (Wildman–Crippen LogP) is 5.99. The van der Waals surface area contributed by atoms with Crippen LogP contribution in [0.2, 0.25) is 10.0 Å².